The first-order valence-corrected chi connectivity index (χ1v) is 8.37. The smallest absolute Gasteiger partial charge is 0.244 e. The van der Waals surface area contributed by atoms with E-state index in [4.69, 9.17) is 9.47 Å². The molecule has 0 saturated heterocycles. The SMILES string of the molecule is CCOc1ccc(CC(=O)N/N=C\c2cccc(OC(C)C)c2)cc1. The van der Waals surface area contributed by atoms with Gasteiger partial charge in [0.15, 0.2) is 0 Å². The van der Waals surface area contributed by atoms with Crippen molar-refractivity contribution in [2.75, 3.05) is 6.61 Å². The fourth-order valence-corrected chi connectivity index (χ4v) is 2.21. The maximum Gasteiger partial charge on any atom is 0.244 e. The number of carbonyl (C=O) groups is 1. The molecule has 0 aliphatic rings. The van der Waals surface area contributed by atoms with Crippen molar-refractivity contribution in [3.63, 3.8) is 0 Å². The number of ether oxygens (including phenoxy) is 2. The van der Waals surface area contributed by atoms with Crippen molar-refractivity contribution < 1.29 is 14.3 Å². The van der Waals surface area contributed by atoms with Crippen LogP contribution in [0.4, 0.5) is 0 Å². The number of benzene rings is 2. The summed E-state index contributed by atoms with van der Waals surface area (Å²) in [5, 5.41) is 4.00. The molecule has 25 heavy (non-hydrogen) atoms. The van der Waals surface area contributed by atoms with E-state index < -0.39 is 0 Å². The van der Waals surface area contributed by atoms with Crippen molar-refractivity contribution in [3.05, 3.63) is 59.7 Å². The summed E-state index contributed by atoms with van der Waals surface area (Å²) in [6.45, 7) is 6.51. The van der Waals surface area contributed by atoms with Crippen LogP contribution in [0.2, 0.25) is 0 Å². The van der Waals surface area contributed by atoms with E-state index in [1.807, 2.05) is 69.3 Å². The summed E-state index contributed by atoms with van der Waals surface area (Å²) >= 11 is 0. The topological polar surface area (TPSA) is 59.9 Å². The maximum absolute atomic E-state index is 11.9. The Labute approximate surface area is 148 Å². The van der Waals surface area contributed by atoms with Crippen molar-refractivity contribution in [1.29, 1.82) is 0 Å². The summed E-state index contributed by atoms with van der Waals surface area (Å²) in [4.78, 5) is 11.9. The minimum absolute atomic E-state index is 0.112. The lowest BCUT2D eigenvalue weighted by Crippen LogP contribution is -2.19. The molecule has 0 bridgehead atoms. The molecule has 5 nitrogen and oxygen atoms in total. The second-order valence-corrected chi connectivity index (χ2v) is 5.79. The van der Waals surface area contributed by atoms with Crippen LogP contribution in [0.5, 0.6) is 11.5 Å². The lowest BCUT2D eigenvalue weighted by atomic mass is 10.1. The highest BCUT2D eigenvalue weighted by atomic mass is 16.5. The molecule has 2 aromatic carbocycles. The minimum Gasteiger partial charge on any atom is -0.494 e. The van der Waals surface area contributed by atoms with Crippen molar-refractivity contribution in [1.82, 2.24) is 5.43 Å². The number of hydrogen-bond acceptors (Lipinski definition) is 4. The van der Waals surface area contributed by atoms with E-state index in [0.717, 1.165) is 22.6 Å². The number of hydrogen-bond donors (Lipinski definition) is 1. The van der Waals surface area contributed by atoms with Crippen LogP contribution < -0.4 is 14.9 Å². The second-order valence-electron chi connectivity index (χ2n) is 5.79. The average Bonchev–Trinajstić information content (AvgIpc) is 2.57. The molecule has 0 heterocycles. The number of rotatable bonds is 8. The fraction of sp³-hybridized carbons (Fsp3) is 0.300. The number of nitrogens with one attached hydrogen (secondary N) is 1. The molecule has 0 saturated carbocycles. The van der Waals surface area contributed by atoms with E-state index in [9.17, 15) is 4.79 Å². The van der Waals surface area contributed by atoms with Crippen molar-refractivity contribution >= 4 is 12.1 Å². The van der Waals surface area contributed by atoms with Gasteiger partial charge in [-0.05, 0) is 56.2 Å². The highest BCUT2D eigenvalue weighted by molar-refractivity contribution is 5.83. The van der Waals surface area contributed by atoms with Gasteiger partial charge in [0.05, 0.1) is 25.3 Å². The van der Waals surface area contributed by atoms with Gasteiger partial charge >= 0.3 is 0 Å². The standard InChI is InChI=1S/C20H24N2O3/c1-4-24-18-10-8-16(9-11-18)13-20(23)22-21-14-17-6-5-7-19(12-17)25-15(2)3/h5-12,14-15H,4,13H2,1-3H3,(H,22,23)/b21-14-. The largest absolute Gasteiger partial charge is 0.494 e. The van der Waals surface area contributed by atoms with Crippen LogP contribution in [0, 0.1) is 0 Å². The quantitative estimate of drug-likeness (QED) is 0.590. The van der Waals surface area contributed by atoms with Crippen LogP contribution in [0.25, 0.3) is 0 Å². The molecule has 5 heteroatoms. The summed E-state index contributed by atoms with van der Waals surface area (Å²) in [5.74, 6) is 1.41. The van der Waals surface area contributed by atoms with E-state index in [2.05, 4.69) is 10.5 Å². The number of amides is 1. The van der Waals surface area contributed by atoms with E-state index in [-0.39, 0.29) is 18.4 Å². The van der Waals surface area contributed by atoms with Crippen molar-refractivity contribution in [3.8, 4) is 11.5 Å². The van der Waals surface area contributed by atoms with Crippen LogP contribution in [0.15, 0.2) is 53.6 Å². The summed E-state index contributed by atoms with van der Waals surface area (Å²) in [5.41, 5.74) is 4.30. The lowest BCUT2D eigenvalue weighted by Gasteiger charge is -2.09. The molecular formula is C20H24N2O3. The number of nitrogens with zero attached hydrogens (tertiary/aromatic N) is 1. The Bertz CT molecular complexity index is 709. The van der Waals surface area contributed by atoms with Gasteiger partial charge in [-0.25, -0.2) is 5.43 Å². The normalized spacial score (nSPS) is 10.9. The van der Waals surface area contributed by atoms with Crippen LogP contribution in [-0.4, -0.2) is 24.8 Å². The van der Waals surface area contributed by atoms with E-state index in [1.54, 1.807) is 6.21 Å². The van der Waals surface area contributed by atoms with Gasteiger partial charge in [-0.3, -0.25) is 4.79 Å². The zero-order valence-corrected chi connectivity index (χ0v) is 14.9. The van der Waals surface area contributed by atoms with Crippen LogP contribution in [0.1, 0.15) is 31.9 Å². The molecule has 0 aliphatic heterocycles. The summed E-state index contributed by atoms with van der Waals surface area (Å²) in [6.07, 6.45) is 1.98. The second kappa shape index (κ2) is 9.47. The highest BCUT2D eigenvalue weighted by Crippen LogP contribution is 2.14. The summed E-state index contributed by atoms with van der Waals surface area (Å²) < 4.78 is 11.0. The Balaban J connectivity index is 1.85. The summed E-state index contributed by atoms with van der Waals surface area (Å²) in [7, 11) is 0. The Morgan fingerprint density at radius 3 is 2.60 bits per heavy atom. The molecule has 0 spiro atoms. The molecular weight excluding hydrogens is 316 g/mol. The Morgan fingerprint density at radius 2 is 1.92 bits per heavy atom. The predicted octanol–water partition coefficient (Wildman–Crippen LogP) is 3.57. The third-order valence-electron chi connectivity index (χ3n) is 3.23. The molecule has 0 fully saturated rings. The van der Waals surface area contributed by atoms with Gasteiger partial charge in [0.1, 0.15) is 11.5 Å². The van der Waals surface area contributed by atoms with Crippen LogP contribution in [-0.2, 0) is 11.2 Å². The molecule has 0 aliphatic carbocycles. The average molecular weight is 340 g/mol. The highest BCUT2D eigenvalue weighted by Gasteiger charge is 2.03. The van der Waals surface area contributed by atoms with E-state index in [0.29, 0.717) is 6.61 Å². The maximum atomic E-state index is 11.9. The van der Waals surface area contributed by atoms with Gasteiger partial charge in [0.2, 0.25) is 5.91 Å². The lowest BCUT2D eigenvalue weighted by molar-refractivity contribution is -0.120. The first kappa shape index (κ1) is 18.5. The molecule has 0 aromatic heterocycles. The van der Waals surface area contributed by atoms with Gasteiger partial charge in [0.25, 0.3) is 0 Å². The monoisotopic (exact) mass is 340 g/mol. The van der Waals surface area contributed by atoms with Gasteiger partial charge in [-0.15, -0.1) is 0 Å². The minimum atomic E-state index is -0.171. The molecule has 1 amide bonds. The Hall–Kier alpha value is -2.82. The Kier molecular flexibility index (Phi) is 7.01. The van der Waals surface area contributed by atoms with Crippen LogP contribution in [0.3, 0.4) is 0 Å². The molecule has 0 unspecified atom stereocenters. The first-order valence-electron chi connectivity index (χ1n) is 8.37. The molecule has 1 N–H and O–H groups in total. The molecule has 0 radical (unpaired) electrons. The number of hydrazone groups is 1. The molecule has 2 aromatic rings. The predicted molar refractivity (Wildman–Crippen MR) is 99.3 cm³/mol. The third kappa shape index (κ3) is 6.67. The van der Waals surface area contributed by atoms with Gasteiger partial charge in [-0.2, -0.15) is 5.10 Å². The first-order chi connectivity index (χ1) is 12.1. The number of carbonyl (C=O) groups excluding carboxylic acids is 1. The molecule has 0 atom stereocenters. The Morgan fingerprint density at radius 1 is 1.16 bits per heavy atom. The molecule has 2 rings (SSSR count). The van der Waals surface area contributed by atoms with Gasteiger partial charge in [0, 0.05) is 0 Å². The van der Waals surface area contributed by atoms with Crippen molar-refractivity contribution in [2.24, 2.45) is 5.10 Å². The molecule has 132 valence electrons. The van der Waals surface area contributed by atoms with E-state index in [1.165, 1.54) is 0 Å². The van der Waals surface area contributed by atoms with Crippen molar-refractivity contribution in [2.45, 2.75) is 33.3 Å². The third-order valence-corrected chi connectivity index (χ3v) is 3.23. The van der Waals surface area contributed by atoms with Crippen LogP contribution >= 0.6 is 0 Å². The zero-order chi connectivity index (χ0) is 18.1. The summed E-state index contributed by atoms with van der Waals surface area (Å²) in [6, 6.07) is 15.0. The fourth-order valence-electron chi connectivity index (χ4n) is 2.21. The van der Waals surface area contributed by atoms with Gasteiger partial charge < -0.3 is 9.47 Å². The zero-order valence-electron chi connectivity index (χ0n) is 14.9. The van der Waals surface area contributed by atoms with E-state index >= 15 is 0 Å². The van der Waals surface area contributed by atoms with Gasteiger partial charge in [-0.1, -0.05) is 24.3 Å².